The molecule has 140 valence electrons. The van der Waals surface area contributed by atoms with E-state index in [1.54, 1.807) is 0 Å². The summed E-state index contributed by atoms with van der Waals surface area (Å²) in [6.45, 7) is 6.36. The van der Waals surface area contributed by atoms with Crippen LogP contribution in [0.15, 0.2) is 0 Å². The summed E-state index contributed by atoms with van der Waals surface area (Å²) >= 11 is 0. The SMILES string of the molecule is CC(C)CN1C(=O)CC[C@@H]2CN(C(=O)CN3CC(=O)NC3O)CC[C@@H]21. The van der Waals surface area contributed by atoms with Crippen LogP contribution in [-0.4, -0.2) is 82.6 Å². The molecule has 2 N–H and O–H groups in total. The molecule has 0 aromatic carbocycles. The Morgan fingerprint density at radius 3 is 2.72 bits per heavy atom. The zero-order valence-corrected chi connectivity index (χ0v) is 15.0. The van der Waals surface area contributed by atoms with Gasteiger partial charge in [-0.3, -0.25) is 14.4 Å². The van der Waals surface area contributed by atoms with E-state index in [0.29, 0.717) is 31.3 Å². The lowest BCUT2D eigenvalue weighted by Crippen LogP contribution is -2.58. The second kappa shape index (κ2) is 7.29. The minimum Gasteiger partial charge on any atom is -0.361 e. The van der Waals surface area contributed by atoms with E-state index in [4.69, 9.17) is 0 Å². The highest BCUT2D eigenvalue weighted by molar-refractivity contribution is 5.83. The maximum atomic E-state index is 12.6. The fraction of sp³-hybridized carbons (Fsp3) is 0.824. The minimum absolute atomic E-state index is 0.0337. The Morgan fingerprint density at radius 1 is 1.32 bits per heavy atom. The molecule has 3 amide bonds. The molecule has 8 nitrogen and oxygen atoms in total. The van der Waals surface area contributed by atoms with Crippen LogP contribution >= 0.6 is 0 Å². The topological polar surface area (TPSA) is 93.2 Å². The number of hydrogen-bond acceptors (Lipinski definition) is 5. The fourth-order valence-electron chi connectivity index (χ4n) is 4.18. The molecule has 0 saturated carbocycles. The average Bonchev–Trinajstić information content (AvgIpc) is 2.86. The molecule has 8 heteroatoms. The van der Waals surface area contributed by atoms with Gasteiger partial charge < -0.3 is 20.2 Å². The van der Waals surface area contributed by atoms with Crippen molar-refractivity contribution in [1.82, 2.24) is 20.0 Å². The number of fused-ring (bicyclic) bond motifs is 1. The average molecular weight is 352 g/mol. The molecule has 3 saturated heterocycles. The van der Waals surface area contributed by atoms with Gasteiger partial charge in [-0.1, -0.05) is 13.8 Å². The third kappa shape index (κ3) is 3.95. The Hall–Kier alpha value is -1.67. The molecule has 3 fully saturated rings. The number of piperidine rings is 2. The Morgan fingerprint density at radius 2 is 2.08 bits per heavy atom. The number of amides is 3. The lowest BCUT2D eigenvalue weighted by atomic mass is 9.83. The van der Waals surface area contributed by atoms with E-state index in [1.807, 2.05) is 9.80 Å². The molecule has 0 spiro atoms. The molecule has 0 radical (unpaired) electrons. The van der Waals surface area contributed by atoms with Gasteiger partial charge in [-0.25, -0.2) is 4.90 Å². The second-order valence-corrected chi connectivity index (χ2v) is 7.78. The maximum Gasteiger partial charge on any atom is 0.237 e. The normalized spacial score (nSPS) is 30.6. The highest BCUT2D eigenvalue weighted by Crippen LogP contribution is 2.32. The van der Waals surface area contributed by atoms with E-state index in [2.05, 4.69) is 19.2 Å². The number of likely N-dealkylation sites (tertiary alicyclic amines) is 2. The van der Waals surface area contributed by atoms with Gasteiger partial charge in [-0.05, 0) is 24.7 Å². The predicted molar refractivity (Wildman–Crippen MR) is 90.0 cm³/mol. The van der Waals surface area contributed by atoms with Gasteiger partial charge in [-0.15, -0.1) is 0 Å². The molecule has 0 aromatic heterocycles. The lowest BCUT2D eigenvalue weighted by Gasteiger charge is -2.47. The number of rotatable bonds is 4. The Labute approximate surface area is 148 Å². The van der Waals surface area contributed by atoms with Gasteiger partial charge in [0.25, 0.3) is 0 Å². The van der Waals surface area contributed by atoms with Crippen LogP contribution < -0.4 is 5.32 Å². The van der Waals surface area contributed by atoms with Gasteiger partial charge in [0.15, 0.2) is 6.35 Å². The zero-order valence-electron chi connectivity index (χ0n) is 15.0. The van der Waals surface area contributed by atoms with Crippen molar-refractivity contribution < 1.29 is 19.5 Å². The first-order valence-electron chi connectivity index (χ1n) is 9.14. The molecule has 1 unspecified atom stereocenters. The monoisotopic (exact) mass is 352 g/mol. The van der Waals surface area contributed by atoms with E-state index < -0.39 is 6.35 Å². The molecule has 0 bridgehead atoms. The van der Waals surface area contributed by atoms with Gasteiger partial charge in [0.2, 0.25) is 17.7 Å². The zero-order chi connectivity index (χ0) is 18.1. The van der Waals surface area contributed by atoms with Crippen molar-refractivity contribution in [1.29, 1.82) is 0 Å². The summed E-state index contributed by atoms with van der Waals surface area (Å²) in [5.74, 6) is 0.649. The summed E-state index contributed by atoms with van der Waals surface area (Å²) < 4.78 is 0. The summed E-state index contributed by atoms with van der Waals surface area (Å²) in [6.07, 6.45) is 1.10. The van der Waals surface area contributed by atoms with Crippen LogP contribution in [-0.2, 0) is 14.4 Å². The van der Waals surface area contributed by atoms with E-state index in [-0.39, 0.29) is 36.9 Å². The molecule has 3 heterocycles. The van der Waals surface area contributed by atoms with Crippen LogP contribution in [0.5, 0.6) is 0 Å². The molecule has 3 aliphatic rings. The molecule has 0 aliphatic carbocycles. The van der Waals surface area contributed by atoms with Crippen molar-refractivity contribution in [3.05, 3.63) is 0 Å². The highest BCUT2D eigenvalue weighted by atomic mass is 16.3. The van der Waals surface area contributed by atoms with Gasteiger partial charge in [-0.2, -0.15) is 0 Å². The van der Waals surface area contributed by atoms with Crippen LogP contribution in [0.4, 0.5) is 0 Å². The van der Waals surface area contributed by atoms with E-state index in [9.17, 15) is 19.5 Å². The molecule has 0 aromatic rings. The number of nitrogens with zero attached hydrogens (tertiary/aromatic N) is 3. The quantitative estimate of drug-likeness (QED) is 0.690. The molecule has 25 heavy (non-hydrogen) atoms. The van der Waals surface area contributed by atoms with Crippen molar-refractivity contribution in [3.63, 3.8) is 0 Å². The first-order valence-corrected chi connectivity index (χ1v) is 9.14. The second-order valence-electron chi connectivity index (χ2n) is 7.78. The first-order chi connectivity index (χ1) is 11.8. The van der Waals surface area contributed by atoms with Crippen LogP contribution in [0.25, 0.3) is 0 Å². The van der Waals surface area contributed by atoms with Gasteiger partial charge in [0, 0.05) is 32.1 Å². The molecular formula is C17H28N4O4. The van der Waals surface area contributed by atoms with E-state index >= 15 is 0 Å². The number of aliphatic hydroxyl groups excluding tert-OH is 1. The number of carbonyl (C=O) groups excluding carboxylic acids is 3. The predicted octanol–water partition coefficient (Wildman–Crippen LogP) is -0.810. The third-order valence-corrected chi connectivity index (χ3v) is 5.38. The largest absolute Gasteiger partial charge is 0.361 e. The first kappa shape index (κ1) is 18.1. The fourth-order valence-corrected chi connectivity index (χ4v) is 4.18. The van der Waals surface area contributed by atoms with Crippen LogP contribution in [0.2, 0.25) is 0 Å². The van der Waals surface area contributed by atoms with Crippen molar-refractivity contribution in [2.24, 2.45) is 11.8 Å². The number of nitrogens with one attached hydrogen (secondary N) is 1. The number of carbonyl (C=O) groups is 3. The number of aliphatic hydroxyl groups is 1. The summed E-state index contributed by atoms with van der Waals surface area (Å²) in [7, 11) is 0. The van der Waals surface area contributed by atoms with E-state index in [0.717, 1.165) is 19.4 Å². The minimum atomic E-state index is -1.08. The van der Waals surface area contributed by atoms with E-state index in [1.165, 1.54) is 4.90 Å². The van der Waals surface area contributed by atoms with Crippen molar-refractivity contribution in [2.75, 3.05) is 32.7 Å². The molecule has 3 aliphatic heterocycles. The Balaban J connectivity index is 1.58. The number of hydrogen-bond donors (Lipinski definition) is 2. The van der Waals surface area contributed by atoms with Crippen LogP contribution in [0.3, 0.4) is 0 Å². The molecule has 3 atom stereocenters. The lowest BCUT2D eigenvalue weighted by molar-refractivity contribution is -0.146. The van der Waals surface area contributed by atoms with Gasteiger partial charge in [0.1, 0.15) is 0 Å². The van der Waals surface area contributed by atoms with Crippen molar-refractivity contribution in [3.8, 4) is 0 Å². The molecule has 3 rings (SSSR count). The van der Waals surface area contributed by atoms with Crippen LogP contribution in [0.1, 0.15) is 33.1 Å². The summed E-state index contributed by atoms with van der Waals surface area (Å²) in [6, 6.07) is 0.230. The highest BCUT2D eigenvalue weighted by Gasteiger charge is 2.41. The Bertz CT molecular complexity index is 553. The smallest absolute Gasteiger partial charge is 0.237 e. The summed E-state index contributed by atoms with van der Waals surface area (Å²) in [5, 5.41) is 12.1. The summed E-state index contributed by atoms with van der Waals surface area (Å²) in [5.41, 5.74) is 0. The van der Waals surface area contributed by atoms with Gasteiger partial charge in [0.05, 0.1) is 13.1 Å². The standard InChI is InChI=1S/C17H28N4O4/c1-11(2)7-21-13-5-6-19(8-12(13)3-4-15(21)23)16(24)10-20-9-14(22)18-17(20)25/h11-13,17,25H,3-10H2,1-2H3,(H,18,22)/t12-,13+,17?/m1/s1. The molecular weight excluding hydrogens is 324 g/mol. The maximum absolute atomic E-state index is 12.6. The Kier molecular flexibility index (Phi) is 5.29. The van der Waals surface area contributed by atoms with Crippen LogP contribution in [0, 0.1) is 11.8 Å². The third-order valence-electron chi connectivity index (χ3n) is 5.38. The van der Waals surface area contributed by atoms with Crippen molar-refractivity contribution in [2.45, 2.75) is 45.5 Å². The summed E-state index contributed by atoms with van der Waals surface area (Å²) in [4.78, 5) is 41.4. The van der Waals surface area contributed by atoms with Gasteiger partial charge >= 0.3 is 0 Å². The van der Waals surface area contributed by atoms with Crippen molar-refractivity contribution >= 4 is 17.7 Å².